The van der Waals surface area contributed by atoms with Crippen LogP contribution in [0.15, 0.2) is 64.2 Å². The second-order valence-corrected chi connectivity index (χ2v) is 6.80. The van der Waals surface area contributed by atoms with E-state index in [0.717, 1.165) is 17.0 Å². The minimum absolute atomic E-state index is 0.313. The molecule has 0 spiro atoms. The first-order valence-electron chi connectivity index (χ1n) is 8.23. The summed E-state index contributed by atoms with van der Waals surface area (Å²) in [5, 5.41) is 8.77. The summed E-state index contributed by atoms with van der Waals surface area (Å²) in [6.07, 6.45) is 0. The number of nitrogen functional groups attached to an aromatic ring is 1. The fourth-order valence-electron chi connectivity index (χ4n) is 2.57. The first-order chi connectivity index (χ1) is 13.1. The molecule has 2 aromatic heterocycles. The Morgan fingerprint density at radius 1 is 1.04 bits per heavy atom. The van der Waals surface area contributed by atoms with Crippen LogP contribution in [0, 0.1) is 12.7 Å². The molecule has 4 rings (SSSR count). The van der Waals surface area contributed by atoms with E-state index in [-0.39, 0.29) is 5.82 Å². The van der Waals surface area contributed by atoms with Gasteiger partial charge in [0.05, 0.1) is 5.69 Å². The molecule has 0 saturated carbocycles. The number of hydrogen-bond acceptors (Lipinski definition) is 6. The van der Waals surface area contributed by atoms with Crippen LogP contribution in [-0.4, -0.2) is 19.9 Å². The number of oxazole rings is 1. The SMILES string of the molecule is Cc1oc(-c2ccccc2)nc1CSc1nnc(-c2ccc(F)cc2)n1N. The van der Waals surface area contributed by atoms with Crippen molar-refractivity contribution in [2.45, 2.75) is 17.8 Å². The van der Waals surface area contributed by atoms with Crippen LogP contribution in [0.3, 0.4) is 0 Å². The van der Waals surface area contributed by atoms with Crippen molar-refractivity contribution in [2.75, 3.05) is 5.84 Å². The Morgan fingerprint density at radius 2 is 1.78 bits per heavy atom. The largest absolute Gasteiger partial charge is 0.441 e. The van der Waals surface area contributed by atoms with E-state index in [1.54, 1.807) is 12.1 Å². The Hall–Kier alpha value is -3.13. The second kappa shape index (κ2) is 7.24. The average molecular weight is 381 g/mol. The maximum atomic E-state index is 13.1. The number of benzene rings is 2. The Bertz CT molecular complexity index is 1060. The van der Waals surface area contributed by atoms with Gasteiger partial charge in [0, 0.05) is 16.9 Å². The number of rotatable bonds is 5. The van der Waals surface area contributed by atoms with Crippen LogP contribution in [0.5, 0.6) is 0 Å². The third kappa shape index (κ3) is 3.56. The quantitative estimate of drug-likeness (QED) is 0.415. The summed E-state index contributed by atoms with van der Waals surface area (Å²) < 4.78 is 20.3. The van der Waals surface area contributed by atoms with Crippen molar-refractivity contribution in [3.05, 3.63) is 71.9 Å². The maximum absolute atomic E-state index is 13.1. The van der Waals surface area contributed by atoms with E-state index in [0.29, 0.717) is 28.2 Å². The van der Waals surface area contributed by atoms with Crippen LogP contribution in [0.25, 0.3) is 22.8 Å². The molecule has 0 unspecified atom stereocenters. The van der Waals surface area contributed by atoms with Crippen molar-refractivity contribution >= 4 is 11.8 Å². The van der Waals surface area contributed by atoms with E-state index >= 15 is 0 Å². The number of halogens is 1. The summed E-state index contributed by atoms with van der Waals surface area (Å²) in [6, 6.07) is 15.7. The molecule has 6 nitrogen and oxygen atoms in total. The van der Waals surface area contributed by atoms with Gasteiger partial charge in [-0.2, -0.15) is 0 Å². The summed E-state index contributed by atoms with van der Waals surface area (Å²) in [7, 11) is 0. The van der Waals surface area contributed by atoms with Crippen LogP contribution < -0.4 is 5.84 Å². The molecular weight excluding hydrogens is 365 g/mol. The van der Waals surface area contributed by atoms with Crippen LogP contribution in [-0.2, 0) is 5.75 Å². The number of nitrogens with two attached hydrogens (primary N) is 1. The molecule has 0 saturated heterocycles. The lowest BCUT2D eigenvalue weighted by Crippen LogP contribution is -2.11. The van der Waals surface area contributed by atoms with Gasteiger partial charge in [-0.25, -0.2) is 14.1 Å². The van der Waals surface area contributed by atoms with Gasteiger partial charge >= 0.3 is 0 Å². The number of nitrogens with zero attached hydrogens (tertiary/aromatic N) is 4. The first-order valence-corrected chi connectivity index (χ1v) is 9.21. The second-order valence-electron chi connectivity index (χ2n) is 5.86. The summed E-state index contributed by atoms with van der Waals surface area (Å²) in [5.74, 6) is 8.15. The molecule has 0 fully saturated rings. The number of hydrogen-bond donors (Lipinski definition) is 1. The molecule has 4 aromatic rings. The molecule has 0 atom stereocenters. The summed E-state index contributed by atoms with van der Waals surface area (Å²) in [5.41, 5.74) is 2.45. The van der Waals surface area contributed by atoms with E-state index in [2.05, 4.69) is 15.2 Å². The summed E-state index contributed by atoms with van der Waals surface area (Å²) in [6.45, 7) is 1.88. The van der Waals surface area contributed by atoms with Gasteiger partial charge in [0.15, 0.2) is 5.82 Å². The van der Waals surface area contributed by atoms with Gasteiger partial charge < -0.3 is 10.3 Å². The van der Waals surface area contributed by atoms with E-state index in [1.165, 1.54) is 28.6 Å². The Labute approximate surface area is 159 Å². The van der Waals surface area contributed by atoms with Crippen LogP contribution >= 0.6 is 11.8 Å². The third-order valence-electron chi connectivity index (χ3n) is 4.02. The van der Waals surface area contributed by atoms with Crippen molar-refractivity contribution < 1.29 is 8.81 Å². The highest BCUT2D eigenvalue weighted by molar-refractivity contribution is 7.98. The van der Waals surface area contributed by atoms with Crippen molar-refractivity contribution in [2.24, 2.45) is 0 Å². The lowest BCUT2D eigenvalue weighted by atomic mass is 10.2. The van der Waals surface area contributed by atoms with E-state index in [4.69, 9.17) is 10.3 Å². The van der Waals surface area contributed by atoms with Gasteiger partial charge in [-0.3, -0.25) is 0 Å². The van der Waals surface area contributed by atoms with E-state index < -0.39 is 0 Å². The molecule has 2 aromatic carbocycles. The molecular formula is C19H16FN5OS. The molecule has 8 heteroatoms. The van der Waals surface area contributed by atoms with Gasteiger partial charge in [-0.05, 0) is 43.3 Å². The normalized spacial score (nSPS) is 11.0. The molecule has 2 heterocycles. The average Bonchev–Trinajstić information content (AvgIpc) is 3.24. The Kier molecular flexibility index (Phi) is 4.64. The monoisotopic (exact) mass is 381 g/mol. The number of thioether (sulfide) groups is 1. The summed E-state index contributed by atoms with van der Waals surface area (Å²) in [4.78, 5) is 4.57. The lowest BCUT2D eigenvalue weighted by Gasteiger charge is -2.03. The zero-order valence-corrected chi connectivity index (χ0v) is 15.3. The van der Waals surface area contributed by atoms with Gasteiger partial charge in [0.2, 0.25) is 11.0 Å². The number of aromatic nitrogens is 4. The minimum atomic E-state index is -0.313. The topological polar surface area (TPSA) is 82.8 Å². The summed E-state index contributed by atoms with van der Waals surface area (Å²) >= 11 is 1.41. The lowest BCUT2D eigenvalue weighted by molar-refractivity contribution is 0.540. The maximum Gasteiger partial charge on any atom is 0.226 e. The molecule has 2 N–H and O–H groups in total. The highest BCUT2D eigenvalue weighted by Crippen LogP contribution is 2.28. The van der Waals surface area contributed by atoms with Crippen LogP contribution in [0.1, 0.15) is 11.5 Å². The minimum Gasteiger partial charge on any atom is -0.441 e. The first kappa shape index (κ1) is 17.3. The molecule has 0 radical (unpaired) electrons. The van der Waals surface area contributed by atoms with E-state index in [9.17, 15) is 4.39 Å². The smallest absolute Gasteiger partial charge is 0.226 e. The molecule has 136 valence electrons. The zero-order valence-electron chi connectivity index (χ0n) is 14.5. The Balaban J connectivity index is 1.51. The van der Waals surface area contributed by atoms with Gasteiger partial charge in [-0.1, -0.05) is 30.0 Å². The van der Waals surface area contributed by atoms with Crippen molar-refractivity contribution in [3.8, 4) is 22.8 Å². The van der Waals surface area contributed by atoms with Crippen molar-refractivity contribution in [1.29, 1.82) is 0 Å². The molecule has 0 aliphatic rings. The fraction of sp³-hybridized carbons (Fsp3) is 0.105. The molecule has 0 bridgehead atoms. The highest BCUT2D eigenvalue weighted by Gasteiger charge is 2.16. The molecule has 0 aliphatic heterocycles. The molecule has 27 heavy (non-hydrogen) atoms. The Morgan fingerprint density at radius 3 is 2.52 bits per heavy atom. The zero-order chi connectivity index (χ0) is 18.8. The van der Waals surface area contributed by atoms with Crippen molar-refractivity contribution in [1.82, 2.24) is 19.9 Å². The number of aryl methyl sites for hydroxylation is 1. The standard InChI is InChI=1S/C19H16FN5OS/c1-12-16(22-18(26-12)14-5-3-2-4-6-14)11-27-19-24-23-17(25(19)21)13-7-9-15(20)10-8-13/h2-10H,11,21H2,1H3. The van der Waals surface area contributed by atoms with Crippen LogP contribution in [0.2, 0.25) is 0 Å². The van der Waals surface area contributed by atoms with Crippen molar-refractivity contribution in [3.63, 3.8) is 0 Å². The van der Waals surface area contributed by atoms with E-state index in [1.807, 2.05) is 37.3 Å². The van der Waals surface area contributed by atoms with Crippen LogP contribution in [0.4, 0.5) is 4.39 Å². The third-order valence-corrected chi connectivity index (χ3v) is 4.97. The van der Waals surface area contributed by atoms with Gasteiger partial charge in [0.25, 0.3) is 0 Å². The predicted molar refractivity (Wildman–Crippen MR) is 102 cm³/mol. The highest BCUT2D eigenvalue weighted by atomic mass is 32.2. The molecule has 0 amide bonds. The predicted octanol–water partition coefficient (Wildman–Crippen LogP) is 4.05. The molecule has 0 aliphatic carbocycles. The van der Waals surface area contributed by atoms with Gasteiger partial charge in [0.1, 0.15) is 11.6 Å². The fourth-order valence-corrected chi connectivity index (χ4v) is 3.43. The van der Waals surface area contributed by atoms with Gasteiger partial charge in [-0.15, -0.1) is 10.2 Å².